The Morgan fingerprint density at radius 1 is 1.07 bits per heavy atom. The number of ether oxygens (including phenoxy) is 2. The van der Waals surface area contributed by atoms with Gasteiger partial charge in [-0.15, -0.1) is 0 Å². The largest absolute Gasteiger partial charge is 0.490 e. The van der Waals surface area contributed by atoms with Crippen LogP contribution in [0.5, 0.6) is 5.75 Å². The second-order valence-corrected chi connectivity index (χ2v) is 12.5. The molecule has 216 valence electrons. The summed E-state index contributed by atoms with van der Waals surface area (Å²) in [4.78, 5) is 27.9. The SMILES string of the molecule is C[C@H](NC(=O)C[C@H]1CC[C@@H]2[C@H](COc3ccc(NS(=O)(=O)c4ccc(Cl)cc4)cc3C(=O)N2C)O1)c1ccccc1. The van der Waals surface area contributed by atoms with E-state index in [1.807, 2.05) is 37.3 Å². The Morgan fingerprint density at radius 2 is 1.80 bits per heavy atom. The number of amides is 2. The molecule has 1 fully saturated rings. The van der Waals surface area contributed by atoms with E-state index in [1.165, 1.54) is 30.3 Å². The zero-order chi connectivity index (χ0) is 29.1. The van der Waals surface area contributed by atoms with Crippen molar-refractivity contribution in [3.63, 3.8) is 0 Å². The number of carbonyl (C=O) groups excluding carboxylic acids is 2. The van der Waals surface area contributed by atoms with Crippen molar-refractivity contribution in [3.8, 4) is 5.75 Å². The lowest BCUT2D eigenvalue weighted by Gasteiger charge is -2.42. The van der Waals surface area contributed by atoms with Crippen LogP contribution in [-0.2, 0) is 19.6 Å². The van der Waals surface area contributed by atoms with Crippen LogP contribution in [-0.4, -0.2) is 57.0 Å². The van der Waals surface area contributed by atoms with Crippen LogP contribution < -0.4 is 14.8 Å². The minimum absolute atomic E-state index is 0.0493. The highest BCUT2D eigenvalue weighted by atomic mass is 35.5. The average Bonchev–Trinajstić information content (AvgIpc) is 2.95. The molecule has 2 N–H and O–H groups in total. The number of benzene rings is 3. The molecule has 4 atom stereocenters. The fourth-order valence-electron chi connectivity index (χ4n) is 5.25. The molecule has 0 aromatic heterocycles. The first-order valence-electron chi connectivity index (χ1n) is 13.4. The Hall–Kier alpha value is -3.60. The predicted molar refractivity (Wildman–Crippen MR) is 156 cm³/mol. The number of fused-ring (bicyclic) bond motifs is 2. The molecule has 9 nitrogen and oxygen atoms in total. The molecular formula is C30H32ClN3O6S. The van der Waals surface area contributed by atoms with Gasteiger partial charge in [0.25, 0.3) is 15.9 Å². The first-order valence-corrected chi connectivity index (χ1v) is 15.3. The van der Waals surface area contributed by atoms with Crippen molar-refractivity contribution in [2.45, 2.75) is 55.4 Å². The van der Waals surface area contributed by atoms with Gasteiger partial charge in [-0.1, -0.05) is 41.9 Å². The monoisotopic (exact) mass is 597 g/mol. The Bertz CT molecular complexity index is 1520. The summed E-state index contributed by atoms with van der Waals surface area (Å²) in [5, 5.41) is 3.46. The van der Waals surface area contributed by atoms with Crippen LogP contribution >= 0.6 is 11.6 Å². The second-order valence-electron chi connectivity index (χ2n) is 10.3. The molecular weight excluding hydrogens is 566 g/mol. The molecule has 0 radical (unpaired) electrons. The highest BCUT2D eigenvalue weighted by Crippen LogP contribution is 2.33. The summed E-state index contributed by atoms with van der Waals surface area (Å²) in [5.74, 6) is -0.0754. The summed E-state index contributed by atoms with van der Waals surface area (Å²) in [6.45, 7) is 2.13. The number of hydrogen-bond acceptors (Lipinski definition) is 6. The molecule has 3 aromatic rings. The lowest BCUT2D eigenvalue weighted by Crippen LogP contribution is -2.54. The van der Waals surface area contributed by atoms with Crippen molar-refractivity contribution >= 4 is 39.1 Å². The molecule has 2 aliphatic heterocycles. The molecule has 2 heterocycles. The normalized spacial score (nSPS) is 21.4. The van der Waals surface area contributed by atoms with Gasteiger partial charge in [0, 0.05) is 17.8 Å². The van der Waals surface area contributed by atoms with Crippen LogP contribution in [0.25, 0.3) is 0 Å². The number of halogens is 1. The summed E-state index contributed by atoms with van der Waals surface area (Å²) < 4.78 is 40.5. The molecule has 2 aliphatic rings. The standard InChI is InChI=1S/C30H32ClN3O6S/c1-19(20-6-4-3-5-7-20)32-29(35)17-23-11-14-26-28(40-23)18-39-27-15-10-22(16-25(27)30(36)34(26)2)33-41(37,38)24-12-8-21(31)9-13-24/h3-10,12-13,15-16,19,23,26,28,33H,11,14,17-18H2,1-2H3,(H,32,35)/t19-,23+,26+,28-/m0/s1. The maximum atomic E-state index is 13.5. The van der Waals surface area contributed by atoms with Gasteiger partial charge in [0.15, 0.2) is 0 Å². The van der Waals surface area contributed by atoms with Crippen LogP contribution in [0.2, 0.25) is 5.02 Å². The third kappa shape index (κ3) is 6.66. The van der Waals surface area contributed by atoms with Crippen molar-refractivity contribution in [3.05, 3.63) is 88.9 Å². The number of sulfonamides is 1. The highest BCUT2D eigenvalue weighted by Gasteiger charge is 2.39. The maximum Gasteiger partial charge on any atom is 0.261 e. The molecule has 3 aromatic carbocycles. The molecule has 0 spiro atoms. The Labute approximate surface area is 244 Å². The molecule has 0 saturated carbocycles. The Kier molecular flexibility index (Phi) is 8.53. The van der Waals surface area contributed by atoms with E-state index in [0.29, 0.717) is 23.6 Å². The van der Waals surface area contributed by atoms with E-state index < -0.39 is 16.1 Å². The minimum atomic E-state index is -3.89. The van der Waals surface area contributed by atoms with Crippen LogP contribution in [0.15, 0.2) is 77.7 Å². The first-order chi connectivity index (χ1) is 19.6. The molecule has 5 rings (SSSR count). The topological polar surface area (TPSA) is 114 Å². The summed E-state index contributed by atoms with van der Waals surface area (Å²) in [7, 11) is -2.18. The zero-order valence-corrected chi connectivity index (χ0v) is 24.3. The molecule has 0 aliphatic carbocycles. The number of nitrogens with zero attached hydrogens (tertiary/aromatic N) is 1. The first kappa shape index (κ1) is 28.9. The van der Waals surface area contributed by atoms with Gasteiger partial charge in [0.1, 0.15) is 18.5 Å². The highest BCUT2D eigenvalue weighted by molar-refractivity contribution is 7.92. The van der Waals surface area contributed by atoms with Crippen LogP contribution in [0.4, 0.5) is 5.69 Å². The number of hydrogen-bond donors (Lipinski definition) is 2. The number of rotatable bonds is 7. The quantitative estimate of drug-likeness (QED) is 0.405. The zero-order valence-electron chi connectivity index (χ0n) is 22.7. The van der Waals surface area contributed by atoms with E-state index in [0.717, 1.165) is 5.56 Å². The van der Waals surface area contributed by atoms with E-state index in [1.54, 1.807) is 24.1 Å². The molecule has 1 saturated heterocycles. The fraction of sp³-hybridized carbons (Fsp3) is 0.333. The smallest absolute Gasteiger partial charge is 0.261 e. The van der Waals surface area contributed by atoms with E-state index in [-0.39, 0.29) is 59.2 Å². The Balaban J connectivity index is 1.25. The van der Waals surface area contributed by atoms with Crippen molar-refractivity contribution in [1.82, 2.24) is 10.2 Å². The minimum Gasteiger partial charge on any atom is -0.490 e. The van der Waals surface area contributed by atoms with E-state index in [4.69, 9.17) is 21.1 Å². The molecule has 0 unspecified atom stereocenters. The van der Waals surface area contributed by atoms with Gasteiger partial charge in [-0.3, -0.25) is 14.3 Å². The Morgan fingerprint density at radius 3 is 2.54 bits per heavy atom. The van der Waals surface area contributed by atoms with Crippen molar-refractivity contribution in [2.24, 2.45) is 0 Å². The van der Waals surface area contributed by atoms with E-state index in [2.05, 4.69) is 10.0 Å². The average molecular weight is 598 g/mol. The second kappa shape index (κ2) is 12.1. The van der Waals surface area contributed by atoms with Crippen molar-refractivity contribution in [1.29, 1.82) is 0 Å². The van der Waals surface area contributed by atoms with E-state index in [9.17, 15) is 18.0 Å². The molecule has 11 heteroatoms. The molecule has 41 heavy (non-hydrogen) atoms. The molecule has 2 amide bonds. The van der Waals surface area contributed by atoms with Gasteiger partial charge < -0.3 is 19.7 Å². The van der Waals surface area contributed by atoms with Gasteiger partial charge in [-0.25, -0.2) is 8.42 Å². The van der Waals surface area contributed by atoms with Crippen LogP contribution in [0, 0.1) is 0 Å². The predicted octanol–water partition coefficient (Wildman–Crippen LogP) is 4.79. The van der Waals surface area contributed by atoms with Crippen molar-refractivity contribution in [2.75, 3.05) is 18.4 Å². The van der Waals surface area contributed by atoms with Gasteiger partial charge in [-0.05, 0) is 67.8 Å². The van der Waals surface area contributed by atoms with Crippen molar-refractivity contribution < 1.29 is 27.5 Å². The van der Waals surface area contributed by atoms with E-state index >= 15 is 0 Å². The third-order valence-electron chi connectivity index (χ3n) is 7.48. The van der Waals surface area contributed by atoms with Gasteiger partial charge in [0.05, 0.1) is 35.1 Å². The molecule has 0 bridgehead atoms. The summed E-state index contributed by atoms with van der Waals surface area (Å²) in [6, 6.07) is 19.8. The summed E-state index contributed by atoms with van der Waals surface area (Å²) >= 11 is 5.88. The third-order valence-corrected chi connectivity index (χ3v) is 9.13. The van der Waals surface area contributed by atoms with Gasteiger partial charge in [0.2, 0.25) is 5.91 Å². The van der Waals surface area contributed by atoms with Crippen LogP contribution in [0.1, 0.15) is 48.1 Å². The lowest BCUT2D eigenvalue weighted by atomic mass is 9.94. The summed E-state index contributed by atoms with van der Waals surface area (Å²) in [5.41, 5.74) is 1.51. The number of anilines is 1. The number of carbonyl (C=O) groups is 2. The number of nitrogens with one attached hydrogen (secondary N) is 2. The summed E-state index contributed by atoms with van der Waals surface area (Å²) in [6.07, 6.45) is 0.750. The fourth-order valence-corrected chi connectivity index (χ4v) is 6.43. The van der Waals surface area contributed by atoms with Gasteiger partial charge >= 0.3 is 0 Å². The lowest BCUT2D eigenvalue weighted by molar-refractivity contribution is -0.134. The van der Waals surface area contributed by atoms with Crippen LogP contribution in [0.3, 0.4) is 0 Å². The number of likely N-dealkylation sites (N-methyl/N-ethyl adjacent to an activating group) is 1. The maximum absolute atomic E-state index is 13.5. The van der Waals surface area contributed by atoms with Gasteiger partial charge in [-0.2, -0.15) is 0 Å².